The Bertz CT molecular complexity index is 919. The van der Waals surface area contributed by atoms with Gasteiger partial charge in [-0.15, -0.1) is 0 Å². The molecule has 3 aliphatic heterocycles. The highest BCUT2D eigenvalue weighted by Crippen LogP contribution is 2.31. The number of carbonyl (C=O) groups excluding carboxylic acids is 2. The molecule has 3 heterocycles. The van der Waals surface area contributed by atoms with Gasteiger partial charge < -0.3 is 14.7 Å². The van der Waals surface area contributed by atoms with Crippen molar-refractivity contribution in [3.05, 3.63) is 34.9 Å². The summed E-state index contributed by atoms with van der Waals surface area (Å²) in [7, 11) is 0. The molecule has 0 aromatic rings. The second kappa shape index (κ2) is 14.7. The van der Waals surface area contributed by atoms with Gasteiger partial charge in [-0.05, 0) is 122 Å². The molecule has 218 valence electrons. The first-order valence-corrected chi connectivity index (χ1v) is 16.2. The molecule has 2 atom stereocenters. The molecule has 4 rings (SSSR count). The molecule has 0 spiro atoms. The number of allylic oxidation sites excluding steroid dienone is 5. The van der Waals surface area contributed by atoms with Crippen molar-refractivity contribution < 1.29 is 9.59 Å². The molecule has 0 aromatic heterocycles. The zero-order valence-corrected chi connectivity index (χ0v) is 25.4. The van der Waals surface area contributed by atoms with Crippen LogP contribution in [0.3, 0.4) is 0 Å². The topological polar surface area (TPSA) is 43.9 Å². The van der Waals surface area contributed by atoms with Crippen LogP contribution >= 0.6 is 0 Å². The lowest BCUT2D eigenvalue weighted by atomic mass is 9.86. The van der Waals surface area contributed by atoms with Gasteiger partial charge in [-0.2, -0.15) is 0 Å². The summed E-state index contributed by atoms with van der Waals surface area (Å²) in [4.78, 5) is 34.0. The van der Waals surface area contributed by atoms with E-state index in [1.54, 1.807) is 5.57 Å². The van der Waals surface area contributed by atoms with Crippen molar-refractivity contribution in [3.8, 4) is 0 Å². The Morgan fingerprint density at radius 1 is 0.897 bits per heavy atom. The molecule has 5 heteroatoms. The number of hydrogen-bond acceptors (Lipinski definition) is 3. The minimum Gasteiger partial charge on any atom is -0.341 e. The molecule has 0 bridgehead atoms. The van der Waals surface area contributed by atoms with Crippen molar-refractivity contribution in [1.82, 2.24) is 14.7 Å². The molecular formula is C34H55N3O2. The predicted octanol–water partition coefficient (Wildman–Crippen LogP) is 6.76. The van der Waals surface area contributed by atoms with E-state index in [4.69, 9.17) is 0 Å². The Morgan fingerprint density at radius 2 is 1.62 bits per heavy atom. The normalized spacial score (nSPS) is 24.9. The first-order chi connectivity index (χ1) is 18.8. The molecule has 0 aromatic carbocycles. The fraction of sp³-hybridized carbons (Fsp3) is 0.765. The van der Waals surface area contributed by atoms with E-state index in [1.165, 1.54) is 50.5 Å². The van der Waals surface area contributed by atoms with Crippen molar-refractivity contribution in [2.45, 2.75) is 111 Å². The van der Waals surface area contributed by atoms with Crippen molar-refractivity contribution >= 4 is 11.8 Å². The first kappa shape index (κ1) is 30.1. The van der Waals surface area contributed by atoms with E-state index in [0.29, 0.717) is 5.92 Å². The van der Waals surface area contributed by atoms with Crippen LogP contribution in [0.1, 0.15) is 105 Å². The predicted molar refractivity (Wildman–Crippen MR) is 161 cm³/mol. The summed E-state index contributed by atoms with van der Waals surface area (Å²) < 4.78 is 0. The van der Waals surface area contributed by atoms with Crippen molar-refractivity contribution in [2.75, 3.05) is 39.3 Å². The highest BCUT2D eigenvalue weighted by molar-refractivity contribution is 5.90. The summed E-state index contributed by atoms with van der Waals surface area (Å²) in [6.45, 7) is 14.4. The number of hydrogen-bond donors (Lipinski definition) is 0. The van der Waals surface area contributed by atoms with Gasteiger partial charge in [0.2, 0.25) is 11.8 Å². The third-order valence-electron chi connectivity index (χ3n) is 9.98. The van der Waals surface area contributed by atoms with Crippen molar-refractivity contribution in [3.63, 3.8) is 0 Å². The van der Waals surface area contributed by atoms with Gasteiger partial charge in [0.05, 0.1) is 5.92 Å². The quantitative estimate of drug-likeness (QED) is 0.228. The summed E-state index contributed by atoms with van der Waals surface area (Å²) in [5, 5.41) is 0. The second-order valence-electron chi connectivity index (χ2n) is 13.1. The molecule has 3 fully saturated rings. The van der Waals surface area contributed by atoms with Crippen LogP contribution in [0.2, 0.25) is 0 Å². The molecule has 2 unspecified atom stereocenters. The van der Waals surface area contributed by atoms with Crippen molar-refractivity contribution in [1.29, 1.82) is 0 Å². The summed E-state index contributed by atoms with van der Waals surface area (Å²) in [6.07, 6.45) is 20.9. The monoisotopic (exact) mass is 537 g/mol. The Labute approximate surface area is 238 Å². The van der Waals surface area contributed by atoms with E-state index in [2.05, 4.69) is 50.8 Å². The van der Waals surface area contributed by atoms with Crippen LogP contribution in [-0.2, 0) is 9.59 Å². The van der Waals surface area contributed by atoms with Gasteiger partial charge in [-0.1, -0.05) is 48.8 Å². The molecule has 4 aliphatic rings. The third-order valence-corrected chi connectivity index (χ3v) is 9.98. The third kappa shape index (κ3) is 8.31. The fourth-order valence-electron chi connectivity index (χ4n) is 6.94. The molecule has 39 heavy (non-hydrogen) atoms. The average molecular weight is 538 g/mol. The highest BCUT2D eigenvalue weighted by atomic mass is 16.2. The van der Waals surface area contributed by atoms with Gasteiger partial charge in [0.25, 0.3) is 0 Å². The molecule has 0 radical (unpaired) electrons. The Kier molecular flexibility index (Phi) is 11.3. The zero-order chi connectivity index (χ0) is 27.8. The van der Waals surface area contributed by atoms with Crippen LogP contribution in [0.25, 0.3) is 0 Å². The van der Waals surface area contributed by atoms with E-state index >= 15 is 0 Å². The van der Waals surface area contributed by atoms with Crippen LogP contribution in [0.4, 0.5) is 0 Å². The molecule has 2 amide bonds. The van der Waals surface area contributed by atoms with Gasteiger partial charge in [-0.25, -0.2) is 0 Å². The largest absolute Gasteiger partial charge is 0.341 e. The molecular weight excluding hydrogens is 482 g/mol. The highest BCUT2D eigenvalue weighted by Gasteiger charge is 2.39. The maximum atomic E-state index is 14.1. The van der Waals surface area contributed by atoms with E-state index in [0.717, 1.165) is 82.9 Å². The van der Waals surface area contributed by atoms with Crippen LogP contribution in [0.5, 0.6) is 0 Å². The Hall–Kier alpha value is -1.88. The van der Waals surface area contributed by atoms with Gasteiger partial charge >= 0.3 is 0 Å². The van der Waals surface area contributed by atoms with Crippen molar-refractivity contribution in [2.24, 2.45) is 17.8 Å². The van der Waals surface area contributed by atoms with Gasteiger partial charge in [0.15, 0.2) is 0 Å². The van der Waals surface area contributed by atoms with Gasteiger partial charge in [0, 0.05) is 19.6 Å². The average Bonchev–Trinajstić information content (AvgIpc) is 3.66. The summed E-state index contributed by atoms with van der Waals surface area (Å²) >= 11 is 0. The van der Waals surface area contributed by atoms with Gasteiger partial charge in [-0.3, -0.25) is 9.59 Å². The maximum absolute atomic E-state index is 14.1. The molecule has 5 nitrogen and oxygen atoms in total. The first-order valence-electron chi connectivity index (χ1n) is 16.2. The number of rotatable bonds is 10. The number of carbonyl (C=O) groups is 2. The lowest BCUT2D eigenvalue weighted by Gasteiger charge is -2.35. The van der Waals surface area contributed by atoms with E-state index in [9.17, 15) is 9.59 Å². The Morgan fingerprint density at radius 3 is 2.28 bits per heavy atom. The molecule has 0 N–H and O–H groups in total. The smallest absolute Gasteiger partial charge is 0.245 e. The molecule has 0 saturated carbocycles. The number of piperidine rings is 1. The zero-order valence-electron chi connectivity index (χ0n) is 25.4. The summed E-state index contributed by atoms with van der Waals surface area (Å²) in [5.74, 6) is 1.53. The Balaban J connectivity index is 1.39. The standard InChI is InChI=1S/C34H55N3O2/c1-26(2)27(3)14-15-28(4)31(33(38)37-21-10-13-32(37)34(39)36-19-8-9-20-36)18-24-35-22-16-30(17-23-35)25-29-11-6-5-7-12-29/h11,14-15,26,30-32H,5-10,12-13,16-25H2,1-4H3/b27-14-,28-15+. The number of amides is 2. The number of nitrogens with zero attached hydrogens (tertiary/aromatic N) is 3. The lowest BCUT2D eigenvalue weighted by Crippen LogP contribution is -2.49. The van der Waals surface area contributed by atoms with E-state index in [1.807, 2.05) is 9.80 Å². The van der Waals surface area contributed by atoms with Crippen LogP contribution in [0.15, 0.2) is 34.9 Å². The summed E-state index contributed by atoms with van der Waals surface area (Å²) in [6, 6.07) is -0.260. The number of likely N-dealkylation sites (tertiary alicyclic amines) is 3. The van der Waals surface area contributed by atoms with E-state index < -0.39 is 0 Å². The fourth-order valence-corrected chi connectivity index (χ4v) is 6.94. The molecule has 1 aliphatic carbocycles. The van der Waals surface area contributed by atoms with Crippen LogP contribution in [-0.4, -0.2) is 71.8 Å². The lowest BCUT2D eigenvalue weighted by molar-refractivity contribution is -0.145. The van der Waals surface area contributed by atoms with E-state index in [-0.39, 0.29) is 23.8 Å². The summed E-state index contributed by atoms with van der Waals surface area (Å²) in [5.41, 5.74) is 4.18. The van der Waals surface area contributed by atoms with Crippen LogP contribution < -0.4 is 0 Å². The minimum absolute atomic E-state index is 0.154. The van der Waals surface area contributed by atoms with Gasteiger partial charge in [0.1, 0.15) is 6.04 Å². The van der Waals surface area contributed by atoms with Crippen LogP contribution in [0, 0.1) is 17.8 Å². The second-order valence-corrected chi connectivity index (χ2v) is 13.1. The SMILES string of the molecule is C/C(=C/C=C(\C)C(CCN1CCC(CC2=CCCCC2)CC1)C(=O)N1CCCC1C(=O)N1CCCC1)C(C)C. The minimum atomic E-state index is -0.260. The molecule has 3 saturated heterocycles. The maximum Gasteiger partial charge on any atom is 0.245 e.